The summed E-state index contributed by atoms with van der Waals surface area (Å²) >= 11 is 0. The summed E-state index contributed by atoms with van der Waals surface area (Å²) in [6.45, 7) is 7.03. The first-order valence-corrected chi connectivity index (χ1v) is 8.86. The van der Waals surface area contributed by atoms with E-state index in [-0.39, 0.29) is 12.0 Å². The lowest BCUT2D eigenvalue weighted by Crippen LogP contribution is -2.13. The molecule has 1 aromatic heterocycles. The number of hydrogen-bond acceptors (Lipinski definition) is 4. The second-order valence-electron chi connectivity index (χ2n) is 6.21. The number of rotatable bonds is 9. The van der Waals surface area contributed by atoms with Gasteiger partial charge < -0.3 is 15.4 Å². The molecule has 0 aliphatic carbocycles. The molecule has 0 aliphatic heterocycles. The Morgan fingerprint density at radius 3 is 2.48 bits per heavy atom. The van der Waals surface area contributed by atoms with Crippen molar-refractivity contribution < 1.29 is 9.53 Å². The van der Waals surface area contributed by atoms with Crippen molar-refractivity contribution in [3.8, 4) is 5.75 Å². The van der Waals surface area contributed by atoms with Gasteiger partial charge in [-0.2, -0.15) is 0 Å². The summed E-state index contributed by atoms with van der Waals surface area (Å²) in [6, 6.07) is 11.0. The SMILES string of the molecule is CCCCCNc1ccc(C(=O)Nc2ccc(OC(C)C)cc2)cn1. The molecule has 0 aliphatic rings. The van der Waals surface area contributed by atoms with Gasteiger partial charge in [0.15, 0.2) is 0 Å². The van der Waals surface area contributed by atoms with Crippen LogP contribution in [0.3, 0.4) is 0 Å². The van der Waals surface area contributed by atoms with E-state index in [4.69, 9.17) is 4.74 Å². The van der Waals surface area contributed by atoms with Crippen molar-refractivity contribution >= 4 is 17.4 Å². The van der Waals surface area contributed by atoms with Crippen LogP contribution >= 0.6 is 0 Å². The minimum Gasteiger partial charge on any atom is -0.491 e. The molecular weight excluding hydrogens is 314 g/mol. The van der Waals surface area contributed by atoms with Gasteiger partial charge >= 0.3 is 0 Å². The highest BCUT2D eigenvalue weighted by Crippen LogP contribution is 2.17. The third kappa shape index (κ3) is 6.45. The maximum atomic E-state index is 12.3. The summed E-state index contributed by atoms with van der Waals surface area (Å²) in [5.74, 6) is 1.40. The van der Waals surface area contributed by atoms with Crippen LogP contribution in [-0.4, -0.2) is 23.5 Å². The average Bonchev–Trinajstić information content (AvgIpc) is 2.60. The van der Waals surface area contributed by atoms with Crippen molar-refractivity contribution in [2.24, 2.45) is 0 Å². The van der Waals surface area contributed by atoms with E-state index in [1.165, 1.54) is 12.8 Å². The fraction of sp³-hybridized carbons (Fsp3) is 0.400. The van der Waals surface area contributed by atoms with E-state index < -0.39 is 0 Å². The highest BCUT2D eigenvalue weighted by Gasteiger charge is 2.07. The van der Waals surface area contributed by atoms with Crippen LogP contribution in [0.15, 0.2) is 42.6 Å². The number of hydrogen-bond donors (Lipinski definition) is 2. The average molecular weight is 341 g/mol. The third-order valence-electron chi connectivity index (χ3n) is 3.60. The molecule has 0 saturated carbocycles. The number of aromatic nitrogens is 1. The second-order valence-corrected chi connectivity index (χ2v) is 6.21. The zero-order valence-corrected chi connectivity index (χ0v) is 15.2. The topological polar surface area (TPSA) is 63.2 Å². The Kier molecular flexibility index (Phi) is 7.26. The van der Waals surface area contributed by atoms with Crippen LogP contribution < -0.4 is 15.4 Å². The molecule has 2 aromatic rings. The van der Waals surface area contributed by atoms with Gasteiger partial charge in [-0.05, 0) is 56.7 Å². The Morgan fingerprint density at radius 2 is 1.88 bits per heavy atom. The van der Waals surface area contributed by atoms with Crippen LogP contribution in [-0.2, 0) is 0 Å². The van der Waals surface area contributed by atoms with Crippen LogP contribution in [0.4, 0.5) is 11.5 Å². The molecule has 5 heteroatoms. The monoisotopic (exact) mass is 341 g/mol. The van der Waals surface area contributed by atoms with Gasteiger partial charge in [0.1, 0.15) is 11.6 Å². The molecule has 0 unspecified atom stereocenters. The van der Waals surface area contributed by atoms with Crippen molar-refractivity contribution in [3.63, 3.8) is 0 Å². The lowest BCUT2D eigenvalue weighted by Gasteiger charge is -2.11. The molecule has 0 fully saturated rings. The van der Waals surface area contributed by atoms with Crippen LogP contribution in [0.1, 0.15) is 50.4 Å². The molecule has 0 spiro atoms. The van der Waals surface area contributed by atoms with Crippen LogP contribution in [0.25, 0.3) is 0 Å². The highest BCUT2D eigenvalue weighted by molar-refractivity contribution is 6.04. The lowest BCUT2D eigenvalue weighted by molar-refractivity contribution is 0.102. The molecule has 0 saturated heterocycles. The summed E-state index contributed by atoms with van der Waals surface area (Å²) in [6.07, 6.45) is 5.23. The predicted molar refractivity (Wildman–Crippen MR) is 102 cm³/mol. The molecule has 0 bridgehead atoms. The Balaban J connectivity index is 1.87. The minimum absolute atomic E-state index is 0.126. The van der Waals surface area contributed by atoms with Gasteiger partial charge in [-0.25, -0.2) is 4.98 Å². The van der Waals surface area contributed by atoms with Gasteiger partial charge in [-0.15, -0.1) is 0 Å². The molecule has 134 valence electrons. The molecule has 2 N–H and O–H groups in total. The fourth-order valence-corrected chi connectivity index (χ4v) is 2.32. The second kappa shape index (κ2) is 9.67. The van der Waals surface area contributed by atoms with Gasteiger partial charge in [-0.3, -0.25) is 4.79 Å². The molecule has 1 heterocycles. The first kappa shape index (κ1) is 18.8. The molecule has 1 aromatic carbocycles. The number of ether oxygens (including phenoxy) is 1. The zero-order chi connectivity index (χ0) is 18.1. The Morgan fingerprint density at radius 1 is 1.12 bits per heavy atom. The number of carbonyl (C=O) groups excluding carboxylic acids is 1. The lowest BCUT2D eigenvalue weighted by atomic mass is 10.2. The van der Waals surface area contributed by atoms with Gasteiger partial charge in [0.25, 0.3) is 5.91 Å². The number of pyridine rings is 1. The largest absolute Gasteiger partial charge is 0.491 e. The van der Waals surface area contributed by atoms with Crippen LogP contribution in [0, 0.1) is 0 Å². The molecule has 2 rings (SSSR count). The maximum absolute atomic E-state index is 12.3. The summed E-state index contributed by atoms with van der Waals surface area (Å²) in [5, 5.41) is 6.12. The smallest absolute Gasteiger partial charge is 0.257 e. The number of nitrogens with zero attached hydrogens (tertiary/aromatic N) is 1. The van der Waals surface area contributed by atoms with Crippen molar-refractivity contribution in [3.05, 3.63) is 48.2 Å². The Labute approximate surface area is 149 Å². The maximum Gasteiger partial charge on any atom is 0.257 e. The van der Waals surface area contributed by atoms with Gasteiger partial charge in [0.05, 0.1) is 11.7 Å². The summed E-state index contributed by atoms with van der Waals surface area (Å²) in [4.78, 5) is 16.6. The Hall–Kier alpha value is -2.56. The van der Waals surface area contributed by atoms with Crippen molar-refractivity contribution in [2.45, 2.75) is 46.1 Å². The van der Waals surface area contributed by atoms with E-state index in [0.29, 0.717) is 5.56 Å². The normalized spacial score (nSPS) is 10.6. The fourth-order valence-electron chi connectivity index (χ4n) is 2.32. The van der Waals surface area contributed by atoms with E-state index in [0.717, 1.165) is 30.2 Å². The van der Waals surface area contributed by atoms with Crippen LogP contribution in [0.5, 0.6) is 5.75 Å². The molecule has 5 nitrogen and oxygen atoms in total. The first-order chi connectivity index (χ1) is 12.1. The number of benzene rings is 1. The number of carbonyl (C=O) groups is 1. The van der Waals surface area contributed by atoms with E-state index in [1.54, 1.807) is 12.3 Å². The standard InChI is InChI=1S/C20H27N3O2/c1-4-5-6-13-21-19-12-7-16(14-22-19)20(24)23-17-8-10-18(11-9-17)25-15(2)3/h7-12,14-15H,4-6,13H2,1-3H3,(H,21,22)(H,23,24). The quantitative estimate of drug-likeness (QED) is 0.648. The summed E-state index contributed by atoms with van der Waals surface area (Å²) in [5.41, 5.74) is 1.25. The summed E-state index contributed by atoms with van der Waals surface area (Å²) < 4.78 is 5.59. The number of amides is 1. The predicted octanol–water partition coefficient (Wildman–Crippen LogP) is 4.72. The van der Waals surface area contributed by atoms with Gasteiger partial charge in [0, 0.05) is 18.4 Å². The number of anilines is 2. The molecule has 25 heavy (non-hydrogen) atoms. The van der Waals surface area contributed by atoms with E-state index >= 15 is 0 Å². The third-order valence-corrected chi connectivity index (χ3v) is 3.60. The van der Waals surface area contributed by atoms with E-state index in [1.807, 2.05) is 44.2 Å². The number of nitrogens with one attached hydrogen (secondary N) is 2. The van der Waals surface area contributed by atoms with Gasteiger partial charge in [-0.1, -0.05) is 19.8 Å². The van der Waals surface area contributed by atoms with Crippen molar-refractivity contribution in [1.82, 2.24) is 4.98 Å². The molecule has 0 atom stereocenters. The van der Waals surface area contributed by atoms with E-state index in [9.17, 15) is 4.79 Å². The first-order valence-electron chi connectivity index (χ1n) is 8.86. The molecular formula is C20H27N3O2. The minimum atomic E-state index is -0.178. The van der Waals surface area contributed by atoms with Crippen LogP contribution in [0.2, 0.25) is 0 Å². The summed E-state index contributed by atoms with van der Waals surface area (Å²) in [7, 11) is 0. The van der Waals surface area contributed by atoms with Gasteiger partial charge in [0.2, 0.25) is 0 Å². The van der Waals surface area contributed by atoms with E-state index in [2.05, 4.69) is 22.5 Å². The zero-order valence-electron chi connectivity index (χ0n) is 15.2. The highest BCUT2D eigenvalue weighted by atomic mass is 16.5. The molecule has 1 amide bonds. The van der Waals surface area contributed by atoms with Crippen molar-refractivity contribution in [1.29, 1.82) is 0 Å². The Bertz CT molecular complexity index is 652. The van der Waals surface area contributed by atoms with Crippen molar-refractivity contribution in [2.75, 3.05) is 17.2 Å². The number of unbranched alkanes of at least 4 members (excludes halogenated alkanes) is 2. The molecule has 0 radical (unpaired) electrons.